The van der Waals surface area contributed by atoms with E-state index in [9.17, 15) is 18.0 Å². The molecule has 4 N–H and O–H groups in total. The Labute approximate surface area is 137 Å². The van der Waals surface area contributed by atoms with Gasteiger partial charge in [-0.15, -0.1) is 0 Å². The van der Waals surface area contributed by atoms with Gasteiger partial charge in [-0.05, 0) is 42.5 Å². The number of thiophene rings is 1. The summed E-state index contributed by atoms with van der Waals surface area (Å²) >= 11 is 1.20. The summed E-state index contributed by atoms with van der Waals surface area (Å²) in [5.74, 6) is -0.715. The fourth-order valence-electron chi connectivity index (χ4n) is 2.05. The number of rotatable bonds is 4. The van der Waals surface area contributed by atoms with Gasteiger partial charge in [0, 0.05) is 5.38 Å². The molecule has 0 saturated carbocycles. The van der Waals surface area contributed by atoms with E-state index in [1.165, 1.54) is 28.8 Å². The molecule has 2 rings (SSSR count). The van der Waals surface area contributed by atoms with Crippen molar-refractivity contribution in [3.63, 3.8) is 0 Å². The molecule has 0 atom stereocenters. The van der Waals surface area contributed by atoms with Crippen molar-refractivity contribution in [1.29, 1.82) is 0 Å². The zero-order valence-corrected chi connectivity index (χ0v) is 14.0. The van der Waals surface area contributed by atoms with Crippen molar-refractivity contribution < 1.29 is 18.0 Å². The maximum Gasteiger partial charge on any atom is 0.333 e. The Morgan fingerprint density at radius 2 is 1.91 bits per heavy atom. The van der Waals surface area contributed by atoms with Gasteiger partial charge < -0.3 is 11.1 Å². The number of benzene rings is 1. The first kappa shape index (κ1) is 17.0. The molecule has 0 spiro atoms. The standard InChI is InChI=1S/C14H15N3O4S2/c1-8-5-9(2)12(11(6-8)13(15)18)16-14(19)17-23(20,21)10-3-4-22-7-10/h3-7H,1-2H3,(H2,15,18)(H2,16,17,19). The Morgan fingerprint density at radius 3 is 2.48 bits per heavy atom. The van der Waals surface area contributed by atoms with Crippen molar-refractivity contribution in [2.45, 2.75) is 18.7 Å². The zero-order chi connectivity index (χ0) is 17.2. The molecule has 0 aliphatic carbocycles. The van der Waals surface area contributed by atoms with E-state index in [1.54, 1.807) is 25.3 Å². The fraction of sp³-hybridized carbons (Fsp3) is 0.143. The number of nitrogens with one attached hydrogen (secondary N) is 2. The highest BCUT2D eigenvalue weighted by atomic mass is 32.2. The van der Waals surface area contributed by atoms with Gasteiger partial charge in [-0.1, -0.05) is 6.07 Å². The quantitative estimate of drug-likeness (QED) is 0.778. The lowest BCUT2D eigenvalue weighted by atomic mass is 10.0. The number of carbonyl (C=O) groups is 2. The normalized spacial score (nSPS) is 11.0. The highest BCUT2D eigenvalue weighted by Crippen LogP contribution is 2.22. The molecule has 23 heavy (non-hydrogen) atoms. The van der Waals surface area contributed by atoms with Crippen molar-refractivity contribution in [1.82, 2.24) is 4.72 Å². The van der Waals surface area contributed by atoms with Crippen LogP contribution in [0.5, 0.6) is 0 Å². The average molecular weight is 353 g/mol. The van der Waals surface area contributed by atoms with Crippen LogP contribution >= 0.6 is 11.3 Å². The molecule has 0 aliphatic heterocycles. The summed E-state index contributed by atoms with van der Waals surface area (Å²) in [7, 11) is -3.96. The Balaban J connectivity index is 2.26. The zero-order valence-electron chi connectivity index (χ0n) is 12.4. The third-order valence-corrected chi connectivity index (χ3v) is 5.18. The topological polar surface area (TPSA) is 118 Å². The maximum atomic E-state index is 12.0. The lowest BCUT2D eigenvalue weighted by Gasteiger charge is -2.14. The van der Waals surface area contributed by atoms with Gasteiger partial charge in [0.25, 0.3) is 15.9 Å². The third kappa shape index (κ3) is 3.88. The van der Waals surface area contributed by atoms with E-state index in [-0.39, 0.29) is 16.1 Å². The maximum absolute atomic E-state index is 12.0. The molecule has 1 aromatic heterocycles. The molecule has 0 fully saturated rings. The Hall–Kier alpha value is -2.39. The lowest BCUT2D eigenvalue weighted by Crippen LogP contribution is -2.35. The van der Waals surface area contributed by atoms with Crippen LogP contribution in [-0.2, 0) is 10.0 Å². The fourth-order valence-corrected chi connectivity index (χ4v) is 3.99. The number of urea groups is 1. The van der Waals surface area contributed by atoms with E-state index < -0.39 is 22.0 Å². The van der Waals surface area contributed by atoms with E-state index in [2.05, 4.69) is 5.32 Å². The van der Waals surface area contributed by atoms with Crippen molar-refractivity contribution in [3.05, 3.63) is 45.6 Å². The Kier molecular flexibility index (Phi) is 4.71. The molecule has 0 aliphatic rings. The number of primary amides is 1. The molecule has 122 valence electrons. The minimum atomic E-state index is -3.96. The minimum absolute atomic E-state index is 0.00611. The summed E-state index contributed by atoms with van der Waals surface area (Å²) in [4.78, 5) is 23.5. The summed E-state index contributed by atoms with van der Waals surface area (Å²) in [5, 5.41) is 5.37. The van der Waals surface area contributed by atoms with E-state index in [4.69, 9.17) is 5.73 Å². The van der Waals surface area contributed by atoms with Crippen LogP contribution in [-0.4, -0.2) is 20.4 Å². The highest BCUT2D eigenvalue weighted by Gasteiger charge is 2.20. The predicted octanol–water partition coefficient (Wildman–Crippen LogP) is 1.97. The third-order valence-electron chi connectivity index (χ3n) is 3.02. The van der Waals surface area contributed by atoms with E-state index in [0.717, 1.165) is 5.56 Å². The smallest absolute Gasteiger partial charge is 0.333 e. The highest BCUT2D eigenvalue weighted by molar-refractivity contribution is 7.90. The van der Waals surface area contributed by atoms with Crippen molar-refractivity contribution in [2.75, 3.05) is 5.32 Å². The minimum Gasteiger partial charge on any atom is -0.366 e. The van der Waals surface area contributed by atoms with Gasteiger partial charge in [0.2, 0.25) is 0 Å². The average Bonchev–Trinajstić information content (AvgIpc) is 2.95. The number of sulfonamides is 1. The SMILES string of the molecule is Cc1cc(C)c(NC(=O)NS(=O)(=O)c2ccsc2)c(C(N)=O)c1. The van der Waals surface area contributed by atoms with Crippen LogP contribution in [0.1, 0.15) is 21.5 Å². The molecule has 2 aromatic rings. The van der Waals surface area contributed by atoms with E-state index >= 15 is 0 Å². The van der Waals surface area contributed by atoms with Gasteiger partial charge >= 0.3 is 6.03 Å². The van der Waals surface area contributed by atoms with Gasteiger partial charge in [0.05, 0.1) is 16.1 Å². The van der Waals surface area contributed by atoms with E-state index in [1.807, 2.05) is 4.72 Å². The van der Waals surface area contributed by atoms with Crippen LogP contribution in [0.2, 0.25) is 0 Å². The van der Waals surface area contributed by atoms with Gasteiger partial charge in [0.15, 0.2) is 0 Å². The second-order valence-electron chi connectivity index (χ2n) is 4.89. The first-order valence-electron chi connectivity index (χ1n) is 6.48. The lowest BCUT2D eigenvalue weighted by molar-refractivity contribution is 0.100. The van der Waals surface area contributed by atoms with Crippen LogP contribution in [0.25, 0.3) is 0 Å². The predicted molar refractivity (Wildman–Crippen MR) is 88.1 cm³/mol. The second-order valence-corrected chi connectivity index (χ2v) is 7.35. The number of hydrogen-bond donors (Lipinski definition) is 3. The molecular formula is C14H15N3O4S2. The second kappa shape index (κ2) is 6.39. The van der Waals surface area contributed by atoms with Gasteiger partial charge in [-0.3, -0.25) is 4.79 Å². The van der Waals surface area contributed by atoms with Gasteiger partial charge in [0.1, 0.15) is 0 Å². The molecule has 9 heteroatoms. The molecular weight excluding hydrogens is 338 g/mol. The summed E-state index contributed by atoms with van der Waals surface area (Å²) in [5.41, 5.74) is 7.00. The van der Waals surface area contributed by atoms with Crippen molar-refractivity contribution in [3.8, 4) is 0 Å². The number of aryl methyl sites for hydroxylation is 2. The van der Waals surface area contributed by atoms with Crippen molar-refractivity contribution >= 4 is 39.0 Å². The summed E-state index contributed by atoms with van der Waals surface area (Å²) in [6.45, 7) is 3.47. The van der Waals surface area contributed by atoms with Crippen LogP contribution < -0.4 is 15.8 Å². The first-order chi connectivity index (χ1) is 10.7. The molecule has 1 aromatic carbocycles. The number of anilines is 1. The van der Waals surface area contributed by atoms with Crippen LogP contribution in [0.3, 0.4) is 0 Å². The van der Waals surface area contributed by atoms with Crippen LogP contribution in [0.4, 0.5) is 10.5 Å². The van der Waals surface area contributed by atoms with Gasteiger partial charge in [-0.25, -0.2) is 17.9 Å². The monoisotopic (exact) mass is 353 g/mol. The largest absolute Gasteiger partial charge is 0.366 e. The molecule has 0 unspecified atom stereocenters. The van der Waals surface area contributed by atoms with Crippen LogP contribution in [0.15, 0.2) is 33.9 Å². The van der Waals surface area contributed by atoms with E-state index in [0.29, 0.717) is 5.56 Å². The molecule has 1 heterocycles. The Morgan fingerprint density at radius 1 is 1.22 bits per heavy atom. The molecule has 7 nitrogen and oxygen atoms in total. The van der Waals surface area contributed by atoms with Crippen molar-refractivity contribution in [2.24, 2.45) is 5.73 Å². The van der Waals surface area contributed by atoms with Gasteiger partial charge in [-0.2, -0.15) is 11.3 Å². The van der Waals surface area contributed by atoms with Crippen LogP contribution in [0, 0.1) is 13.8 Å². The number of hydrogen-bond acceptors (Lipinski definition) is 5. The first-order valence-corrected chi connectivity index (χ1v) is 8.90. The number of nitrogens with two attached hydrogens (primary N) is 1. The molecule has 3 amide bonds. The molecule has 0 bridgehead atoms. The molecule has 0 radical (unpaired) electrons. The Bertz CT molecular complexity index is 858. The molecule has 0 saturated heterocycles. The number of amides is 3. The summed E-state index contributed by atoms with van der Waals surface area (Å²) < 4.78 is 25.9. The summed E-state index contributed by atoms with van der Waals surface area (Å²) in [6.07, 6.45) is 0. The summed E-state index contributed by atoms with van der Waals surface area (Å²) in [6, 6.07) is 3.69. The number of carbonyl (C=O) groups excluding carboxylic acids is 2.